The van der Waals surface area contributed by atoms with Gasteiger partial charge in [0.2, 0.25) is 0 Å². The minimum absolute atomic E-state index is 0.0728. The van der Waals surface area contributed by atoms with Crippen molar-refractivity contribution in [1.29, 1.82) is 0 Å². The summed E-state index contributed by atoms with van der Waals surface area (Å²) in [4.78, 5) is 12.0. The average molecular weight is 364 g/mol. The second-order valence-corrected chi connectivity index (χ2v) is 7.28. The molecule has 8 heteroatoms. The van der Waals surface area contributed by atoms with Crippen LogP contribution in [-0.4, -0.2) is 25.8 Å². The normalized spacial score (nSPS) is 11.4. The van der Waals surface area contributed by atoms with E-state index in [-0.39, 0.29) is 4.90 Å². The fraction of sp³-hybridized carbons (Fsp3) is 0.0625. The molecule has 0 aliphatic carbocycles. The molecule has 2 aromatic rings. The van der Waals surface area contributed by atoms with E-state index in [1.165, 1.54) is 35.5 Å². The standard InChI is InChI=1S/C16H16N2O4S2/c1-23-14-6-3-5-13(11-14)18-24(21,22)15-7-2-4-12(10-15)8-9-16(19)17-20/h2-11,18,20H,1H3,(H,17,19)/b9-8+. The molecule has 0 heterocycles. The highest BCUT2D eigenvalue weighted by Gasteiger charge is 2.14. The molecular formula is C16H16N2O4S2. The maximum absolute atomic E-state index is 12.5. The fourth-order valence-corrected chi connectivity index (χ4v) is 3.46. The van der Waals surface area contributed by atoms with Crippen LogP contribution in [0.3, 0.4) is 0 Å². The summed E-state index contributed by atoms with van der Waals surface area (Å²) in [6.45, 7) is 0. The van der Waals surface area contributed by atoms with E-state index in [2.05, 4.69) is 4.72 Å². The summed E-state index contributed by atoms with van der Waals surface area (Å²) in [5, 5.41) is 8.45. The highest BCUT2D eigenvalue weighted by Crippen LogP contribution is 2.22. The van der Waals surface area contributed by atoms with Crippen molar-refractivity contribution in [3.8, 4) is 0 Å². The number of thioether (sulfide) groups is 1. The molecule has 0 aliphatic heterocycles. The Kier molecular flexibility index (Phi) is 6.02. The maximum atomic E-state index is 12.5. The van der Waals surface area contributed by atoms with Crippen molar-refractivity contribution >= 4 is 39.5 Å². The van der Waals surface area contributed by atoms with Crippen LogP contribution < -0.4 is 10.2 Å². The largest absolute Gasteiger partial charge is 0.288 e. The third kappa shape index (κ3) is 4.85. The van der Waals surface area contributed by atoms with Crippen molar-refractivity contribution < 1.29 is 18.4 Å². The highest BCUT2D eigenvalue weighted by molar-refractivity contribution is 7.98. The lowest BCUT2D eigenvalue weighted by molar-refractivity contribution is -0.124. The number of amides is 1. The smallest absolute Gasteiger partial charge is 0.267 e. The zero-order valence-corrected chi connectivity index (χ0v) is 14.4. The summed E-state index contributed by atoms with van der Waals surface area (Å²) >= 11 is 1.52. The van der Waals surface area contributed by atoms with Crippen LogP contribution in [0, 0.1) is 0 Å². The first-order valence-electron chi connectivity index (χ1n) is 6.84. The van der Waals surface area contributed by atoms with Gasteiger partial charge in [-0.15, -0.1) is 11.8 Å². The number of rotatable bonds is 6. The Balaban J connectivity index is 2.25. The zero-order valence-electron chi connectivity index (χ0n) is 12.8. The molecule has 0 bridgehead atoms. The molecule has 3 N–H and O–H groups in total. The van der Waals surface area contributed by atoms with E-state index in [4.69, 9.17) is 5.21 Å². The van der Waals surface area contributed by atoms with Crippen molar-refractivity contribution in [2.45, 2.75) is 9.79 Å². The van der Waals surface area contributed by atoms with Gasteiger partial charge in [-0.05, 0) is 48.2 Å². The van der Waals surface area contributed by atoms with Crippen molar-refractivity contribution in [3.05, 3.63) is 60.2 Å². The fourth-order valence-electron chi connectivity index (χ4n) is 1.90. The van der Waals surface area contributed by atoms with E-state index in [0.717, 1.165) is 11.0 Å². The molecule has 0 radical (unpaired) electrons. The minimum Gasteiger partial charge on any atom is -0.288 e. The summed E-state index contributed by atoms with van der Waals surface area (Å²) in [6.07, 6.45) is 4.41. The van der Waals surface area contributed by atoms with Gasteiger partial charge in [-0.1, -0.05) is 18.2 Å². The molecule has 0 saturated heterocycles. The summed E-state index contributed by atoms with van der Waals surface area (Å²) in [7, 11) is -3.75. The van der Waals surface area contributed by atoms with Crippen LogP contribution in [0.2, 0.25) is 0 Å². The number of benzene rings is 2. The third-order valence-electron chi connectivity index (χ3n) is 3.03. The number of carbonyl (C=O) groups is 1. The van der Waals surface area contributed by atoms with Gasteiger partial charge >= 0.3 is 0 Å². The SMILES string of the molecule is CSc1cccc(NS(=O)(=O)c2cccc(/C=C/C(=O)NO)c2)c1. The Morgan fingerprint density at radius 1 is 1.17 bits per heavy atom. The number of hydrogen-bond acceptors (Lipinski definition) is 5. The minimum atomic E-state index is -3.75. The summed E-state index contributed by atoms with van der Waals surface area (Å²) < 4.78 is 27.5. The van der Waals surface area contributed by atoms with Crippen LogP contribution in [0.5, 0.6) is 0 Å². The first-order chi connectivity index (χ1) is 11.4. The van der Waals surface area contributed by atoms with E-state index in [1.54, 1.807) is 30.3 Å². The predicted octanol–water partition coefficient (Wildman–Crippen LogP) is 2.73. The second kappa shape index (κ2) is 8.00. The van der Waals surface area contributed by atoms with Gasteiger partial charge in [0.15, 0.2) is 0 Å². The van der Waals surface area contributed by atoms with Gasteiger partial charge in [-0.25, -0.2) is 13.9 Å². The molecule has 0 aromatic heterocycles. The van der Waals surface area contributed by atoms with E-state index in [1.807, 2.05) is 12.3 Å². The van der Waals surface area contributed by atoms with E-state index >= 15 is 0 Å². The topological polar surface area (TPSA) is 95.5 Å². The van der Waals surface area contributed by atoms with Crippen molar-refractivity contribution in [2.75, 3.05) is 11.0 Å². The second-order valence-electron chi connectivity index (χ2n) is 4.72. The molecule has 0 aliphatic rings. The first-order valence-corrected chi connectivity index (χ1v) is 9.54. The average Bonchev–Trinajstić information content (AvgIpc) is 2.59. The Bertz CT molecular complexity index is 864. The summed E-state index contributed by atoms with van der Waals surface area (Å²) in [5.41, 5.74) is 2.45. The molecule has 0 spiro atoms. The van der Waals surface area contributed by atoms with Crippen molar-refractivity contribution in [3.63, 3.8) is 0 Å². The lowest BCUT2D eigenvalue weighted by atomic mass is 10.2. The first kappa shape index (κ1) is 18.1. The van der Waals surface area contributed by atoms with Crippen molar-refractivity contribution in [2.24, 2.45) is 0 Å². The van der Waals surface area contributed by atoms with Crippen LogP contribution in [0.1, 0.15) is 5.56 Å². The van der Waals surface area contributed by atoms with Gasteiger partial charge in [0.25, 0.3) is 15.9 Å². The molecule has 6 nitrogen and oxygen atoms in total. The maximum Gasteiger partial charge on any atom is 0.267 e. The van der Waals surface area contributed by atoms with Crippen LogP contribution in [-0.2, 0) is 14.8 Å². The number of sulfonamides is 1. The molecular weight excluding hydrogens is 348 g/mol. The molecule has 126 valence electrons. The molecule has 0 atom stereocenters. The number of hydroxylamine groups is 1. The van der Waals surface area contributed by atoms with E-state index < -0.39 is 15.9 Å². The lowest BCUT2D eigenvalue weighted by Crippen LogP contribution is -2.15. The van der Waals surface area contributed by atoms with Gasteiger partial charge in [0.1, 0.15) is 0 Å². The number of nitrogens with one attached hydrogen (secondary N) is 2. The van der Waals surface area contributed by atoms with Crippen LogP contribution >= 0.6 is 11.8 Å². The third-order valence-corrected chi connectivity index (χ3v) is 5.13. The Hall–Kier alpha value is -2.29. The number of hydrogen-bond donors (Lipinski definition) is 3. The van der Waals surface area contributed by atoms with Gasteiger partial charge < -0.3 is 0 Å². The van der Waals surface area contributed by atoms with Gasteiger partial charge in [0.05, 0.1) is 4.90 Å². The summed E-state index contributed by atoms with van der Waals surface area (Å²) in [5.74, 6) is -0.699. The Morgan fingerprint density at radius 3 is 2.62 bits per heavy atom. The number of anilines is 1. The summed E-state index contributed by atoms with van der Waals surface area (Å²) in [6, 6.07) is 13.2. The lowest BCUT2D eigenvalue weighted by Gasteiger charge is -2.09. The van der Waals surface area contributed by atoms with Gasteiger partial charge in [0, 0.05) is 16.7 Å². The molecule has 0 fully saturated rings. The predicted molar refractivity (Wildman–Crippen MR) is 94.4 cm³/mol. The van der Waals surface area contributed by atoms with E-state index in [0.29, 0.717) is 11.3 Å². The van der Waals surface area contributed by atoms with E-state index in [9.17, 15) is 13.2 Å². The van der Waals surface area contributed by atoms with Crippen LogP contribution in [0.25, 0.3) is 6.08 Å². The molecule has 0 saturated carbocycles. The Labute approximate surface area is 144 Å². The molecule has 2 rings (SSSR count). The van der Waals surface area contributed by atoms with Crippen molar-refractivity contribution in [1.82, 2.24) is 5.48 Å². The highest BCUT2D eigenvalue weighted by atomic mass is 32.2. The molecule has 1 amide bonds. The van der Waals surface area contributed by atoms with Gasteiger partial charge in [-0.2, -0.15) is 0 Å². The molecule has 2 aromatic carbocycles. The van der Waals surface area contributed by atoms with Crippen LogP contribution in [0.4, 0.5) is 5.69 Å². The molecule has 0 unspecified atom stereocenters. The monoisotopic (exact) mass is 364 g/mol. The number of carbonyl (C=O) groups excluding carboxylic acids is 1. The zero-order chi connectivity index (χ0) is 17.6. The molecule has 24 heavy (non-hydrogen) atoms. The quantitative estimate of drug-likeness (QED) is 0.317. The Morgan fingerprint density at radius 2 is 1.92 bits per heavy atom. The van der Waals surface area contributed by atoms with Gasteiger partial charge in [-0.3, -0.25) is 14.7 Å². The van der Waals surface area contributed by atoms with Crippen LogP contribution in [0.15, 0.2) is 64.4 Å².